The van der Waals surface area contributed by atoms with Crippen molar-refractivity contribution in [1.82, 2.24) is 14.5 Å². The van der Waals surface area contributed by atoms with Crippen molar-refractivity contribution >= 4 is 11.8 Å². The summed E-state index contributed by atoms with van der Waals surface area (Å²) >= 11 is 0. The number of aliphatic hydroxyl groups excluding tert-OH is 3. The van der Waals surface area contributed by atoms with Crippen LogP contribution in [-0.4, -0.2) is 60.7 Å². The Bertz CT molecular complexity index is 887. The molecule has 27 heavy (non-hydrogen) atoms. The Hall–Kier alpha value is -2.86. The van der Waals surface area contributed by atoms with Crippen molar-refractivity contribution in [3.63, 3.8) is 0 Å². The van der Waals surface area contributed by atoms with Crippen molar-refractivity contribution in [2.75, 3.05) is 12.1 Å². The van der Waals surface area contributed by atoms with Gasteiger partial charge in [0.15, 0.2) is 17.7 Å². The summed E-state index contributed by atoms with van der Waals surface area (Å²) < 4.78 is 6.23. The number of hydrogen-bond donors (Lipinski definition) is 4. The SMILES string of the molecule is Cc1ccnc(C(=O)ONc2ccn([C@@H]3O[C@H](CO)[C@@H](O)[C@H]3O)c(=O)n2)c1. The van der Waals surface area contributed by atoms with E-state index in [1.54, 1.807) is 13.0 Å². The van der Waals surface area contributed by atoms with Crippen molar-refractivity contribution in [3.8, 4) is 0 Å². The highest BCUT2D eigenvalue weighted by molar-refractivity contribution is 5.87. The van der Waals surface area contributed by atoms with Crippen molar-refractivity contribution in [2.24, 2.45) is 0 Å². The highest BCUT2D eigenvalue weighted by Gasteiger charge is 2.43. The number of carbonyl (C=O) groups excluding carboxylic acids is 1. The summed E-state index contributed by atoms with van der Waals surface area (Å²) in [6.45, 7) is 1.28. The van der Waals surface area contributed by atoms with Gasteiger partial charge in [-0.2, -0.15) is 10.5 Å². The molecule has 0 amide bonds. The van der Waals surface area contributed by atoms with Gasteiger partial charge in [-0.05, 0) is 24.6 Å². The lowest BCUT2D eigenvalue weighted by atomic mass is 10.1. The first-order valence-electron chi connectivity index (χ1n) is 8.02. The summed E-state index contributed by atoms with van der Waals surface area (Å²) in [5, 5.41) is 28.8. The van der Waals surface area contributed by atoms with Gasteiger partial charge in [0, 0.05) is 18.5 Å². The molecule has 0 bridgehead atoms. The Morgan fingerprint density at radius 1 is 1.37 bits per heavy atom. The molecular formula is C16H18N4O7. The highest BCUT2D eigenvalue weighted by atomic mass is 16.7. The van der Waals surface area contributed by atoms with E-state index in [1.807, 2.05) is 0 Å². The van der Waals surface area contributed by atoms with Gasteiger partial charge in [0.25, 0.3) is 0 Å². The number of hydrogen-bond acceptors (Lipinski definition) is 10. The number of nitrogens with one attached hydrogen (secondary N) is 1. The molecule has 144 valence electrons. The molecule has 0 spiro atoms. The van der Waals surface area contributed by atoms with E-state index in [-0.39, 0.29) is 11.5 Å². The fourth-order valence-electron chi connectivity index (χ4n) is 2.57. The summed E-state index contributed by atoms with van der Waals surface area (Å²) in [6.07, 6.45) is -2.26. The highest BCUT2D eigenvalue weighted by Crippen LogP contribution is 2.28. The van der Waals surface area contributed by atoms with Crippen LogP contribution in [0.25, 0.3) is 0 Å². The lowest BCUT2D eigenvalue weighted by Gasteiger charge is -2.17. The smallest absolute Gasteiger partial charge is 0.381 e. The number of aromatic nitrogens is 3. The molecule has 11 nitrogen and oxygen atoms in total. The predicted molar refractivity (Wildman–Crippen MR) is 89.5 cm³/mol. The topological polar surface area (TPSA) is 156 Å². The van der Waals surface area contributed by atoms with Crippen molar-refractivity contribution in [3.05, 3.63) is 52.3 Å². The standard InChI is InChI=1S/C16H18N4O7/c1-8-2-4-17-9(6-8)15(24)27-19-11-3-5-20(16(25)18-11)14-13(23)12(22)10(7-21)26-14/h2-6,10,12-14,21-23H,7H2,1H3,(H,18,19,25)/t10-,12-,13-,14-/m1/s1. The van der Waals surface area contributed by atoms with Crippen LogP contribution in [0.1, 0.15) is 22.3 Å². The number of pyridine rings is 1. The van der Waals surface area contributed by atoms with E-state index in [9.17, 15) is 19.8 Å². The van der Waals surface area contributed by atoms with E-state index in [4.69, 9.17) is 14.7 Å². The van der Waals surface area contributed by atoms with E-state index in [1.165, 1.54) is 24.5 Å². The molecular weight excluding hydrogens is 360 g/mol. The van der Waals surface area contributed by atoms with Crippen LogP contribution in [0.15, 0.2) is 35.4 Å². The Morgan fingerprint density at radius 2 is 2.15 bits per heavy atom. The second kappa shape index (κ2) is 7.80. The van der Waals surface area contributed by atoms with Gasteiger partial charge in [-0.3, -0.25) is 4.57 Å². The van der Waals surface area contributed by atoms with Gasteiger partial charge in [0.1, 0.15) is 18.3 Å². The molecule has 11 heteroatoms. The zero-order valence-corrected chi connectivity index (χ0v) is 14.2. The molecule has 4 atom stereocenters. The molecule has 2 aromatic rings. The normalized spacial score (nSPS) is 24.6. The first-order chi connectivity index (χ1) is 12.9. The van der Waals surface area contributed by atoms with E-state index in [0.717, 1.165) is 10.1 Å². The van der Waals surface area contributed by atoms with Crippen molar-refractivity contribution in [1.29, 1.82) is 0 Å². The zero-order chi connectivity index (χ0) is 19.6. The van der Waals surface area contributed by atoms with Crippen molar-refractivity contribution < 1.29 is 29.7 Å². The average molecular weight is 378 g/mol. The number of ether oxygens (including phenoxy) is 1. The molecule has 0 unspecified atom stereocenters. The molecule has 1 aliphatic rings. The van der Waals surface area contributed by atoms with Crippen LogP contribution in [0.2, 0.25) is 0 Å². The molecule has 2 aromatic heterocycles. The lowest BCUT2D eigenvalue weighted by molar-refractivity contribution is -0.0549. The van der Waals surface area contributed by atoms with Gasteiger partial charge < -0.3 is 24.9 Å². The van der Waals surface area contributed by atoms with Crippen LogP contribution < -0.4 is 11.2 Å². The Morgan fingerprint density at radius 3 is 2.78 bits per heavy atom. The van der Waals surface area contributed by atoms with Crippen molar-refractivity contribution in [2.45, 2.75) is 31.5 Å². The van der Waals surface area contributed by atoms with E-state index in [2.05, 4.69) is 15.4 Å². The maximum atomic E-state index is 12.2. The van der Waals surface area contributed by atoms with Gasteiger partial charge in [0.2, 0.25) is 0 Å². The number of rotatable bonds is 5. The fourth-order valence-corrected chi connectivity index (χ4v) is 2.57. The third-order valence-corrected chi connectivity index (χ3v) is 3.99. The van der Waals surface area contributed by atoms with Gasteiger partial charge in [-0.25, -0.2) is 14.6 Å². The maximum absolute atomic E-state index is 12.2. The minimum absolute atomic E-state index is 0.0519. The first-order valence-corrected chi connectivity index (χ1v) is 8.02. The van der Waals surface area contributed by atoms with E-state index < -0.39 is 42.8 Å². The summed E-state index contributed by atoms with van der Waals surface area (Å²) in [5.41, 5.74) is 2.35. The fraction of sp³-hybridized carbons (Fsp3) is 0.375. The van der Waals surface area contributed by atoms with Crippen LogP contribution in [-0.2, 0) is 9.57 Å². The van der Waals surface area contributed by atoms with Gasteiger partial charge in [-0.15, -0.1) is 0 Å². The third kappa shape index (κ3) is 3.95. The number of aryl methyl sites for hydroxylation is 1. The maximum Gasteiger partial charge on any atom is 0.381 e. The quantitative estimate of drug-likeness (QED) is 0.463. The molecule has 1 aliphatic heterocycles. The number of nitrogens with zero attached hydrogens (tertiary/aromatic N) is 3. The summed E-state index contributed by atoms with van der Waals surface area (Å²) in [5.74, 6) is -0.808. The Balaban J connectivity index is 1.68. The van der Waals surface area contributed by atoms with E-state index in [0.29, 0.717) is 0 Å². The summed E-state index contributed by atoms with van der Waals surface area (Å²) in [7, 11) is 0. The van der Waals surface area contributed by atoms with Gasteiger partial charge >= 0.3 is 11.7 Å². The Labute approximate surface area is 152 Å². The monoisotopic (exact) mass is 378 g/mol. The Kier molecular flexibility index (Phi) is 5.46. The molecule has 4 N–H and O–H groups in total. The van der Waals surface area contributed by atoms with Crippen LogP contribution >= 0.6 is 0 Å². The number of carbonyl (C=O) groups is 1. The predicted octanol–water partition coefficient (Wildman–Crippen LogP) is -1.26. The molecule has 0 aliphatic carbocycles. The van der Waals surface area contributed by atoms with Crippen LogP contribution in [0, 0.1) is 6.92 Å². The number of aliphatic hydroxyl groups is 3. The number of anilines is 1. The molecule has 0 aromatic carbocycles. The largest absolute Gasteiger partial charge is 0.394 e. The zero-order valence-electron chi connectivity index (χ0n) is 14.2. The van der Waals surface area contributed by atoms with Gasteiger partial charge in [0.05, 0.1) is 6.61 Å². The minimum atomic E-state index is -1.41. The third-order valence-electron chi connectivity index (χ3n) is 3.99. The van der Waals surface area contributed by atoms with Gasteiger partial charge in [-0.1, -0.05) is 0 Å². The second-order valence-corrected chi connectivity index (χ2v) is 5.94. The molecule has 3 rings (SSSR count). The first kappa shape index (κ1) is 18.9. The summed E-state index contributed by atoms with van der Waals surface area (Å²) in [4.78, 5) is 36.5. The molecule has 0 radical (unpaired) electrons. The molecule has 1 saturated heterocycles. The minimum Gasteiger partial charge on any atom is -0.394 e. The molecule has 0 saturated carbocycles. The van der Waals surface area contributed by atoms with Crippen LogP contribution in [0.4, 0.5) is 5.82 Å². The van der Waals surface area contributed by atoms with Crippen LogP contribution in [0.3, 0.4) is 0 Å². The summed E-state index contributed by atoms with van der Waals surface area (Å²) in [6, 6.07) is 4.58. The second-order valence-electron chi connectivity index (χ2n) is 5.94. The molecule has 3 heterocycles. The molecule has 1 fully saturated rings. The lowest BCUT2D eigenvalue weighted by Crippen LogP contribution is -2.36. The average Bonchev–Trinajstić information content (AvgIpc) is 2.94. The van der Waals surface area contributed by atoms with E-state index >= 15 is 0 Å². The van der Waals surface area contributed by atoms with Crippen LogP contribution in [0.5, 0.6) is 0 Å².